The lowest BCUT2D eigenvalue weighted by molar-refractivity contribution is 0.0699. The molecule has 0 amide bonds. The maximum absolute atomic E-state index is 11.2. The van der Waals surface area contributed by atoms with Crippen LogP contribution in [0.15, 0.2) is 42.5 Å². The Balaban J connectivity index is 2.17. The molecule has 0 fully saturated rings. The number of aromatic amines is 1. The molecule has 5 heteroatoms. The highest BCUT2D eigenvalue weighted by molar-refractivity contribution is 6.05. The van der Waals surface area contributed by atoms with Crippen LogP contribution in [0.2, 0.25) is 0 Å². The van der Waals surface area contributed by atoms with E-state index in [9.17, 15) is 4.79 Å². The molecule has 0 aliphatic carbocycles. The van der Waals surface area contributed by atoms with Crippen molar-refractivity contribution >= 4 is 16.9 Å². The van der Waals surface area contributed by atoms with Crippen LogP contribution in [0, 0.1) is 0 Å². The number of aromatic carboxylic acids is 1. The van der Waals surface area contributed by atoms with Crippen molar-refractivity contribution in [3.63, 3.8) is 0 Å². The Bertz CT molecular complexity index is 775. The topological polar surface area (TPSA) is 75.2 Å². The molecule has 0 saturated carbocycles. The maximum Gasteiger partial charge on any atom is 0.337 e. The molecule has 20 heavy (non-hydrogen) atoms. The number of para-hydroxylation sites is 1. The zero-order chi connectivity index (χ0) is 14.1. The highest BCUT2D eigenvalue weighted by atomic mass is 16.5. The lowest BCUT2D eigenvalue weighted by atomic mass is 10.1. The lowest BCUT2D eigenvalue weighted by Gasteiger charge is -2.01. The number of hydrogen-bond donors (Lipinski definition) is 2. The number of benzene rings is 2. The minimum absolute atomic E-state index is 0.217. The van der Waals surface area contributed by atoms with E-state index in [0.717, 1.165) is 22.4 Å². The van der Waals surface area contributed by atoms with Gasteiger partial charge in [-0.15, -0.1) is 0 Å². The molecule has 0 unspecified atom stereocenters. The number of carboxylic acid groups (broad SMARTS) is 1. The fourth-order valence-corrected chi connectivity index (χ4v) is 2.19. The number of H-pyrrole nitrogens is 1. The first-order valence-corrected chi connectivity index (χ1v) is 6.05. The molecule has 0 bridgehead atoms. The van der Waals surface area contributed by atoms with Crippen molar-refractivity contribution in [1.29, 1.82) is 0 Å². The number of ether oxygens (including phenoxy) is 1. The second-order valence-electron chi connectivity index (χ2n) is 4.33. The summed E-state index contributed by atoms with van der Waals surface area (Å²) in [7, 11) is 1.61. The molecular weight excluding hydrogens is 256 g/mol. The third-order valence-electron chi connectivity index (χ3n) is 3.19. The van der Waals surface area contributed by atoms with Gasteiger partial charge in [0.2, 0.25) is 0 Å². The molecule has 3 rings (SSSR count). The Labute approximate surface area is 114 Å². The maximum atomic E-state index is 11.2. The minimum atomic E-state index is -0.972. The summed E-state index contributed by atoms with van der Waals surface area (Å²) in [6.45, 7) is 0. The first kappa shape index (κ1) is 12.2. The van der Waals surface area contributed by atoms with Gasteiger partial charge in [0.1, 0.15) is 5.75 Å². The zero-order valence-corrected chi connectivity index (χ0v) is 10.8. The van der Waals surface area contributed by atoms with Gasteiger partial charge >= 0.3 is 5.97 Å². The molecule has 0 spiro atoms. The van der Waals surface area contributed by atoms with Crippen LogP contribution < -0.4 is 4.74 Å². The van der Waals surface area contributed by atoms with Gasteiger partial charge in [0, 0.05) is 10.9 Å². The number of nitrogens with one attached hydrogen (secondary N) is 1. The van der Waals surface area contributed by atoms with Crippen LogP contribution in [0.5, 0.6) is 5.75 Å². The summed E-state index contributed by atoms with van der Waals surface area (Å²) in [6.07, 6.45) is 0. The van der Waals surface area contributed by atoms with Crippen LogP contribution in [-0.4, -0.2) is 28.4 Å². The van der Waals surface area contributed by atoms with Crippen LogP contribution >= 0.6 is 0 Å². The Kier molecular flexibility index (Phi) is 2.87. The molecule has 5 nitrogen and oxygen atoms in total. The molecular formula is C15H12N2O3. The lowest BCUT2D eigenvalue weighted by Crippen LogP contribution is -1.96. The van der Waals surface area contributed by atoms with Crippen molar-refractivity contribution < 1.29 is 14.6 Å². The first-order valence-electron chi connectivity index (χ1n) is 6.05. The van der Waals surface area contributed by atoms with Gasteiger partial charge in [0.15, 0.2) is 0 Å². The van der Waals surface area contributed by atoms with Crippen molar-refractivity contribution in [3.05, 3.63) is 48.0 Å². The highest BCUT2D eigenvalue weighted by Gasteiger charge is 2.14. The predicted molar refractivity (Wildman–Crippen MR) is 75.0 cm³/mol. The fourth-order valence-electron chi connectivity index (χ4n) is 2.19. The Hall–Kier alpha value is -2.82. The van der Waals surface area contributed by atoms with Crippen LogP contribution in [0.1, 0.15) is 10.4 Å². The van der Waals surface area contributed by atoms with E-state index in [4.69, 9.17) is 9.84 Å². The summed E-state index contributed by atoms with van der Waals surface area (Å²) in [6, 6.07) is 12.6. The summed E-state index contributed by atoms with van der Waals surface area (Å²) in [5, 5.41) is 17.0. The van der Waals surface area contributed by atoms with Crippen molar-refractivity contribution in [2.45, 2.75) is 0 Å². The van der Waals surface area contributed by atoms with Crippen molar-refractivity contribution in [3.8, 4) is 17.0 Å². The van der Waals surface area contributed by atoms with E-state index in [1.807, 2.05) is 30.3 Å². The molecule has 0 aliphatic rings. The number of methoxy groups -OCH3 is 1. The van der Waals surface area contributed by atoms with E-state index in [-0.39, 0.29) is 5.56 Å². The van der Waals surface area contributed by atoms with Gasteiger partial charge in [0.25, 0.3) is 0 Å². The number of carboxylic acids is 1. The van der Waals surface area contributed by atoms with E-state index < -0.39 is 5.97 Å². The SMILES string of the molecule is COc1ccc(-c2n[nH]c3c(C(=O)O)cccc23)cc1. The van der Waals surface area contributed by atoms with Gasteiger partial charge in [-0.1, -0.05) is 12.1 Å². The first-order chi connectivity index (χ1) is 9.70. The third-order valence-corrected chi connectivity index (χ3v) is 3.19. The Morgan fingerprint density at radius 3 is 2.60 bits per heavy atom. The molecule has 2 N–H and O–H groups in total. The number of rotatable bonds is 3. The second kappa shape index (κ2) is 4.70. The molecule has 100 valence electrons. The zero-order valence-electron chi connectivity index (χ0n) is 10.8. The van der Waals surface area contributed by atoms with E-state index in [0.29, 0.717) is 5.52 Å². The Morgan fingerprint density at radius 1 is 1.20 bits per heavy atom. The number of fused-ring (bicyclic) bond motifs is 1. The normalized spacial score (nSPS) is 10.7. The Morgan fingerprint density at radius 2 is 1.95 bits per heavy atom. The third kappa shape index (κ3) is 1.89. The standard InChI is InChI=1S/C15H12N2O3/c1-20-10-7-5-9(6-8-10)13-11-3-2-4-12(15(18)19)14(11)17-16-13/h2-8H,1H3,(H,16,17)(H,18,19). The molecule has 3 aromatic rings. The quantitative estimate of drug-likeness (QED) is 0.765. The van der Waals surface area contributed by atoms with Gasteiger partial charge in [-0.25, -0.2) is 4.79 Å². The number of carbonyl (C=O) groups is 1. The van der Waals surface area contributed by atoms with Crippen LogP contribution in [0.3, 0.4) is 0 Å². The average Bonchev–Trinajstić information content (AvgIpc) is 2.91. The van der Waals surface area contributed by atoms with E-state index in [2.05, 4.69) is 10.2 Å². The molecule has 1 heterocycles. The summed E-state index contributed by atoms with van der Waals surface area (Å²) in [5.41, 5.74) is 2.38. The average molecular weight is 268 g/mol. The van der Waals surface area contributed by atoms with Gasteiger partial charge in [-0.2, -0.15) is 5.10 Å². The summed E-state index contributed by atoms with van der Waals surface area (Å²) >= 11 is 0. The van der Waals surface area contributed by atoms with Crippen LogP contribution in [0.25, 0.3) is 22.2 Å². The molecule has 0 atom stereocenters. The molecule has 0 saturated heterocycles. The second-order valence-corrected chi connectivity index (χ2v) is 4.33. The van der Waals surface area contributed by atoms with Crippen LogP contribution in [-0.2, 0) is 0 Å². The largest absolute Gasteiger partial charge is 0.497 e. The van der Waals surface area contributed by atoms with Gasteiger partial charge in [-0.05, 0) is 30.3 Å². The van der Waals surface area contributed by atoms with E-state index in [1.54, 1.807) is 19.2 Å². The van der Waals surface area contributed by atoms with E-state index >= 15 is 0 Å². The van der Waals surface area contributed by atoms with Gasteiger partial charge in [-0.3, -0.25) is 5.10 Å². The number of aromatic nitrogens is 2. The monoisotopic (exact) mass is 268 g/mol. The summed E-state index contributed by atoms with van der Waals surface area (Å²) in [5.74, 6) is -0.208. The van der Waals surface area contributed by atoms with Crippen molar-refractivity contribution in [2.24, 2.45) is 0 Å². The minimum Gasteiger partial charge on any atom is -0.497 e. The van der Waals surface area contributed by atoms with Crippen LogP contribution in [0.4, 0.5) is 0 Å². The molecule has 0 aliphatic heterocycles. The summed E-state index contributed by atoms with van der Waals surface area (Å²) in [4.78, 5) is 11.2. The van der Waals surface area contributed by atoms with Gasteiger partial charge in [0.05, 0.1) is 23.9 Å². The van der Waals surface area contributed by atoms with Crippen molar-refractivity contribution in [2.75, 3.05) is 7.11 Å². The highest BCUT2D eigenvalue weighted by Crippen LogP contribution is 2.29. The molecule has 1 aromatic heterocycles. The fraction of sp³-hybridized carbons (Fsp3) is 0.0667. The smallest absolute Gasteiger partial charge is 0.337 e. The van der Waals surface area contributed by atoms with E-state index in [1.165, 1.54) is 0 Å². The molecule has 2 aromatic carbocycles. The number of nitrogens with zero attached hydrogens (tertiary/aromatic N) is 1. The summed E-state index contributed by atoms with van der Waals surface area (Å²) < 4.78 is 5.12. The predicted octanol–water partition coefficient (Wildman–Crippen LogP) is 2.94. The van der Waals surface area contributed by atoms with Gasteiger partial charge < -0.3 is 9.84 Å². The molecule has 0 radical (unpaired) electrons. The number of hydrogen-bond acceptors (Lipinski definition) is 3. The van der Waals surface area contributed by atoms with Crippen molar-refractivity contribution in [1.82, 2.24) is 10.2 Å².